The molecule has 0 aliphatic heterocycles. The van der Waals surface area contributed by atoms with E-state index in [1.165, 1.54) is 14.2 Å². The molecule has 1 aromatic heterocycles. The predicted molar refractivity (Wildman–Crippen MR) is 137 cm³/mol. The van der Waals surface area contributed by atoms with Crippen molar-refractivity contribution in [3.63, 3.8) is 0 Å². The summed E-state index contributed by atoms with van der Waals surface area (Å²) in [6.07, 6.45) is 0.688. The SMILES string of the molecule is CCn1nc(C)c(CCN=C(NC(=O)c2cccc(OC)c2OC)Nc2ccccc2OC)c1C. The molecule has 0 fully saturated rings. The molecule has 3 aromatic rings. The molecule has 0 radical (unpaired) electrons. The highest BCUT2D eigenvalue weighted by atomic mass is 16.5. The van der Waals surface area contributed by atoms with Crippen LogP contribution in [0.3, 0.4) is 0 Å². The highest BCUT2D eigenvalue weighted by Crippen LogP contribution is 2.30. The number of anilines is 1. The fourth-order valence-corrected chi connectivity index (χ4v) is 3.91. The van der Waals surface area contributed by atoms with Crippen molar-refractivity contribution in [1.82, 2.24) is 15.1 Å². The van der Waals surface area contributed by atoms with Gasteiger partial charge in [-0.25, -0.2) is 0 Å². The quantitative estimate of drug-likeness (QED) is 0.356. The summed E-state index contributed by atoms with van der Waals surface area (Å²) in [6.45, 7) is 7.40. The normalized spacial score (nSPS) is 11.2. The monoisotopic (exact) mass is 479 g/mol. The average Bonchev–Trinajstić information content (AvgIpc) is 3.15. The first-order valence-corrected chi connectivity index (χ1v) is 11.4. The average molecular weight is 480 g/mol. The van der Waals surface area contributed by atoms with Gasteiger partial charge < -0.3 is 19.5 Å². The van der Waals surface area contributed by atoms with Gasteiger partial charge in [0, 0.05) is 18.8 Å². The number of aromatic nitrogens is 2. The zero-order chi connectivity index (χ0) is 25.4. The van der Waals surface area contributed by atoms with Crippen molar-refractivity contribution in [2.45, 2.75) is 33.7 Å². The van der Waals surface area contributed by atoms with Gasteiger partial charge in [-0.2, -0.15) is 5.10 Å². The zero-order valence-electron chi connectivity index (χ0n) is 21.1. The lowest BCUT2D eigenvalue weighted by Gasteiger charge is -2.16. The Kier molecular flexibility index (Phi) is 8.72. The number of hydrogen-bond donors (Lipinski definition) is 2. The van der Waals surface area contributed by atoms with E-state index >= 15 is 0 Å². The summed E-state index contributed by atoms with van der Waals surface area (Å²) in [5.41, 5.74) is 4.29. The highest BCUT2D eigenvalue weighted by Gasteiger charge is 2.19. The van der Waals surface area contributed by atoms with Gasteiger partial charge >= 0.3 is 0 Å². The molecule has 35 heavy (non-hydrogen) atoms. The van der Waals surface area contributed by atoms with Crippen LogP contribution in [0.15, 0.2) is 47.5 Å². The van der Waals surface area contributed by atoms with Gasteiger partial charge in [0.1, 0.15) is 5.75 Å². The van der Waals surface area contributed by atoms with Gasteiger partial charge in [-0.05, 0) is 57.0 Å². The molecule has 0 aliphatic carbocycles. The van der Waals surface area contributed by atoms with Crippen LogP contribution in [0, 0.1) is 13.8 Å². The van der Waals surface area contributed by atoms with Gasteiger partial charge in [-0.3, -0.25) is 19.8 Å². The van der Waals surface area contributed by atoms with Crippen molar-refractivity contribution in [3.05, 3.63) is 65.0 Å². The van der Waals surface area contributed by atoms with Crippen molar-refractivity contribution in [2.75, 3.05) is 33.2 Å². The lowest BCUT2D eigenvalue weighted by molar-refractivity contribution is 0.0973. The Hall–Kier alpha value is -4.01. The van der Waals surface area contributed by atoms with Crippen molar-refractivity contribution < 1.29 is 19.0 Å². The van der Waals surface area contributed by atoms with Crippen LogP contribution >= 0.6 is 0 Å². The van der Waals surface area contributed by atoms with Crippen LogP contribution in [-0.2, 0) is 13.0 Å². The second-order valence-electron chi connectivity index (χ2n) is 7.77. The molecule has 3 rings (SSSR count). The van der Waals surface area contributed by atoms with Gasteiger partial charge in [0.05, 0.1) is 38.3 Å². The molecule has 9 nitrogen and oxygen atoms in total. The number of aryl methyl sites for hydroxylation is 2. The Morgan fingerprint density at radius 1 is 1.00 bits per heavy atom. The van der Waals surface area contributed by atoms with Gasteiger partial charge in [-0.15, -0.1) is 0 Å². The molecule has 186 valence electrons. The number of ether oxygens (including phenoxy) is 3. The third kappa shape index (κ3) is 5.92. The molecule has 2 N–H and O–H groups in total. The molecular weight excluding hydrogens is 446 g/mol. The van der Waals surface area contributed by atoms with E-state index in [1.54, 1.807) is 25.3 Å². The van der Waals surface area contributed by atoms with Crippen LogP contribution in [0.1, 0.15) is 34.2 Å². The summed E-state index contributed by atoms with van der Waals surface area (Å²) in [5.74, 6) is 1.36. The van der Waals surface area contributed by atoms with Gasteiger partial charge in [0.2, 0.25) is 5.96 Å². The number of guanidine groups is 1. The summed E-state index contributed by atoms with van der Waals surface area (Å²) >= 11 is 0. The summed E-state index contributed by atoms with van der Waals surface area (Å²) in [6, 6.07) is 12.6. The maximum Gasteiger partial charge on any atom is 0.261 e. The third-order valence-electron chi connectivity index (χ3n) is 5.70. The Bertz CT molecular complexity index is 1200. The van der Waals surface area contributed by atoms with Gasteiger partial charge in [-0.1, -0.05) is 18.2 Å². The number of nitrogens with zero attached hydrogens (tertiary/aromatic N) is 3. The van der Waals surface area contributed by atoms with Crippen LogP contribution < -0.4 is 24.8 Å². The molecule has 0 aliphatic rings. The molecule has 2 aromatic carbocycles. The first kappa shape index (κ1) is 25.6. The topological polar surface area (TPSA) is 99.0 Å². The smallest absolute Gasteiger partial charge is 0.261 e. The Labute approximate surface area is 206 Å². The van der Waals surface area contributed by atoms with Crippen molar-refractivity contribution in [2.24, 2.45) is 4.99 Å². The fraction of sp³-hybridized carbons (Fsp3) is 0.346. The minimum atomic E-state index is -0.381. The second-order valence-corrected chi connectivity index (χ2v) is 7.77. The number of carbonyl (C=O) groups excluding carboxylic acids is 1. The molecule has 0 spiro atoms. The van der Waals surface area contributed by atoms with E-state index in [4.69, 9.17) is 14.2 Å². The number of amides is 1. The molecule has 0 saturated heterocycles. The summed E-state index contributed by atoms with van der Waals surface area (Å²) in [5, 5.41) is 10.7. The van der Waals surface area contributed by atoms with Crippen LogP contribution in [-0.4, -0.2) is 49.5 Å². The molecule has 9 heteroatoms. The van der Waals surface area contributed by atoms with Crippen LogP contribution in [0.25, 0.3) is 0 Å². The Balaban J connectivity index is 1.88. The number of benzene rings is 2. The Morgan fingerprint density at radius 2 is 1.71 bits per heavy atom. The minimum absolute atomic E-state index is 0.294. The van der Waals surface area contributed by atoms with Gasteiger partial charge in [0.15, 0.2) is 11.5 Å². The molecule has 0 atom stereocenters. The zero-order valence-corrected chi connectivity index (χ0v) is 21.1. The molecular formula is C26H33N5O4. The van der Waals surface area contributed by atoms with Crippen molar-refractivity contribution in [1.29, 1.82) is 0 Å². The van der Waals surface area contributed by atoms with Crippen LogP contribution in [0.2, 0.25) is 0 Å². The summed E-state index contributed by atoms with van der Waals surface area (Å²) in [7, 11) is 4.62. The number of hydrogen-bond acceptors (Lipinski definition) is 6. The van der Waals surface area contributed by atoms with E-state index in [2.05, 4.69) is 34.6 Å². The predicted octanol–water partition coefficient (Wildman–Crippen LogP) is 3.99. The van der Waals surface area contributed by atoms with Crippen LogP contribution in [0.4, 0.5) is 5.69 Å². The van der Waals surface area contributed by atoms with E-state index in [-0.39, 0.29) is 5.91 Å². The molecule has 0 bridgehead atoms. The van der Waals surface area contributed by atoms with Gasteiger partial charge in [0.25, 0.3) is 5.91 Å². The fourth-order valence-electron chi connectivity index (χ4n) is 3.91. The van der Waals surface area contributed by atoms with E-state index in [0.717, 1.165) is 23.5 Å². The molecule has 1 amide bonds. The van der Waals surface area contributed by atoms with Crippen LogP contribution in [0.5, 0.6) is 17.2 Å². The maximum absolute atomic E-state index is 13.2. The number of nitrogens with one attached hydrogen (secondary N) is 2. The lowest BCUT2D eigenvalue weighted by atomic mass is 10.1. The molecule has 0 saturated carbocycles. The van der Waals surface area contributed by atoms with E-state index in [9.17, 15) is 4.79 Å². The van der Waals surface area contributed by atoms with Crippen molar-refractivity contribution in [3.8, 4) is 17.2 Å². The van der Waals surface area contributed by atoms with Crippen molar-refractivity contribution >= 4 is 17.6 Å². The number of para-hydroxylation sites is 3. The number of rotatable bonds is 9. The second kappa shape index (κ2) is 11.9. The lowest BCUT2D eigenvalue weighted by Crippen LogP contribution is -2.36. The van der Waals surface area contributed by atoms with E-state index in [1.807, 2.05) is 35.9 Å². The maximum atomic E-state index is 13.2. The first-order valence-electron chi connectivity index (χ1n) is 11.4. The minimum Gasteiger partial charge on any atom is -0.495 e. The molecule has 0 unspecified atom stereocenters. The highest BCUT2D eigenvalue weighted by molar-refractivity contribution is 6.11. The standard InChI is InChI=1S/C26H33N5O4/c1-7-31-18(3)19(17(2)30-31)15-16-27-26(28-21-12-8-9-13-22(21)33-4)29-25(32)20-11-10-14-23(34-5)24(20)35-6/h8-14H,7,15-16H2,1-6H3,(H2,27,28,29,32). The first-order chi connectivity index (χ1) is 16.9. The summed E-state index contributed by atoms with van der Waals surface area (Å²) in [4.78, 5) is 17.9. The summed E-state index contributed by atoms with van der Waals surface area (Å²) < 4.78 is 18.2. The number of carbonyl (C=O) groups is 1. The van der Waals surface area contributed by atoms with E-state index in [0.29, 0.717) is 47.4 Å². The Morgan fingerprint density at radius 3 is 2.37 bits per heavy atom. The number of aliphatic imine (C=N–C) groups is 1. The molecule has 1 heterocycles. The van der Waals surface area contributed by atoms with E-state index < -0.39 is 0 Å². The third-order valence-corrected chi connectivity index (χ3v) is 5.70. The number of methoxy groups -OCH3 is 3. The largest absolute Gasteiger partial charge is 0.495 e.